The van der Waals surface area contributed by atoms with E-state index in [-0.39, 0.29) is 25.7 Å². The van der Waals surface area contributed by atoms with Crippen LogP contribution in [0.3, 0.4) is 0 Å². The molecule has 1 aliphatic rings. The van der Waals surface area contributed by atoms with E-state index < -0.39 is 5.97 Å². The summed E-state index contributed by atoms with van der Waals surface area (Å²) < 4.78 is 11.2. The Hall–Kier alpha value is -1.76. The van der Waals surface area contributed by atoms with Crippen molar-refractivity contribution in [2.45, 2.75) is 13.3 Å². The van der Waals surface area contributed by atoms with Gasteiger partial charge in [0.1, 0.15) is 0 Å². The molecule has 0 unspecified atom stereocenters. The first kappa shape index (κ1) is 14.6. The molecule has 1 aromatic rings. The van der Waals surface area contributed by atoms with E-state index in [0.717, 1.165) is 0 Å². The second kappa shape index (κ2) is 6.13. The third-order valence-electron chi connectivity index (χ3n) is 2.94. The SMILES string of the molecule is CCN(CCC(=O)O)C(=O)c1cc(Br)c2c(c1)OCO2. The van der Waals surface area contributed by atoms with Crippen LogP contribution in [-0.4, -0.2) is 41.8 Å². The highest BCUT2D eigenvalue weighted by molar-refractivity contribution is 9.10. The summed E-state index contributed by atoms with van der Waals surface area (Å²) in [6, 6.07) is 3.26. The van der Waals surface area contributed by atoms with Gasteiger partial charge in [-0.1, -0.05) is 0 Å². The lowest BCUT2D eigenvalue weighted by Crippen LogP contribution is -2.32. The Morgan fingerprint density at radius 2 is 2.15 bits per heavy atom. The Morgan fingerprint density at radius 1 is 1.40 bits per heavy atom. The number of rotatable bonds is 5. The summed E-state index contributed by atoms with van der Waals surface area (Å²) in [6.45, 7) is 2.55. The molecule has 1 aliphatic heterocycles. The van der Waals surface area contributed by atoms with Crippen LogP contribution in [0.25, 0.3) is 0 Å². The minimum atomic E-state index is -0.928. The van der Waals surface area contributed by atoms with Crippen molar-refractivity contribution in [3.05, 3.63) is 22.2 Å². The van der Waals surface area contributed by atoms with E-state index in [0.29, 0.717) is 28.1 Å². The topological polar surface area (TPSA) is 76.1 Å². The third-order valence-corrected chi connectivity index (χ3v) is 3.53. The molecule has 1 N–H and O–H groups in total. The highest BCUT2D eigenvalue weighted by Crippen LogP contribution is 2.40. The molecule has 2 rings (SSSR count). The lowest BCUT2D eigenvalue weighted by Gasteiger charge is -2.20. The Balaban J connectivity index is 2.19. The van der Waals surface area contributed by atoms with E-state index >= 15 is 0 Å². The zero-order chi connectivity index (χ0) is 14.7. The maximum Gasteiger partial charge on any atom is 0.305 e. The highest BCUT2D eigenvalue weighted by Gasteiger charge is 2.22. The van der Waals surface area contributed by atoms with Gasteiger partial charge >= 0.3 is 5.97 Å². The molecule has 7 heteroatoms. The monoisotopic (exact) mass is 343 g/mol. The number of benzene rings is 1. The number of hydrogen-bond donors (Lipinski definition) is 1. The van der Waals surface area contributed by atoms with Crippen LogP contribution in [0.2, 0.25) is 0 Å². The van der Waals surface area contributed by atoms with Gasteiger partial charge < -0.3 is 19.5 Å². The zero-order valence-electron chi connectivity index (χ0n) is 10.9. The minimum Gasteiger partial charge on any atom is -0.481 e. The molecule has 0 aliphatic carbocycles. The van der Waals surface area contributed by atoms with Crippen molar-refractivity contribution >= 4 is 27.8 Å². The number of halogens is 1. The smallest absolute Gasteiger partial charge is 0.305 e. The first-order chi connectivity index (χ1) is 9.52. The maximum atomic E-state index is 12.4. The predicted molar refractivity (Wildman–Crippen MR) is 74.1 cm³/mol. The van der Waals surface area contributed by atoms with Gasteiger partial charge in [-0.3, -0.25) is 9.59 Å². The van der Waals surface area contributed by atoms with E-state index in [4.69, 9.17) is 14.6 Å². The van der Waals surface area contributed by atoms with Crippen LogP contribution in [0.5, 0.6) is 11.5 Å². The lowest BCUT2D eigenvalue weighted by molar-refractivity contribution is -0.137. The number of hydrogen-bond acceptors (Lipinski definition) is 4. The fourth-order valence-corrected chi connectivity index (χ4v) is 2.46. The van der Waals surface area contributed by atoms with Gasteiger partial charge in [-0.15, -0.1) is 0 Å². The van der Waals surface area contributed by atoms with Crippen LogP contribution < -0.4 is 9.47 Å². The normalized spacial score (nSPS) is 12.3. The van der Waals surface area contributed by atoms with Gasteiger partial charge in [-0.2, -0.15) is 0 Å². The van der Waals surface area contributed by atoms with Crippen molar-refractivity contribution in [2.24, 2.45) is 0 Å². The molecule has 0 fully saturated rings. The van der Waals surface area contributed by atoms with Crippen LogP contribution >= 0.6 is 15.9 Å². The number of fused-ring (bicyclic) bond motifs is 1. The third kappa shape index (κ3) is 3.04. The van der Waals surface area contributed by atoms with Gasteiger partial charge in [-0.25, -0.2) is 0 Å². The number of carboxylic acid groups (broad SMARTS) is 1. The summed E-state index contributed by atoms with van der Waals surface area (Å²) in [5, 5.41) is 8.70. The van der Waals surface area contributed by atoms with Crippen molar-refractivity contribution in [1.82, 2.24) is 4.90 Å². The molecule has 6 nitrogen and oxygen atoms in total. The van der Waals surface area contributed by atoms with Crippen LogP contribution in [0, 0.1) is 0 Å². The Kier molecular flexibility index (Phi) is 4.49. The summed E-state index contributed by atoms with van der Waals surface area (Å²) in [5.41, 5.74) is 0.438. The van der Waals surface area contributed by atoms with Crippen LogP contribution in [0.1, 0.15) is 23.7 Å². The van der Waals surface area contributed by atoms with Gasteiger partial charge in [0.05, 0.1) is 10.9 Å². The van der Waals surface area contributed by atoms with Gasteiger partial charge in [0.15, 0.2) is 11.5 Å². The predicted octanol–water partition coefficient (Wildman–Crippen LogP) is 2.11. The largest absolute Gasteiger partial charge is 0.481 e. The number of carbonyl (C=O) groups excluding carboxylic acids is 1. The Bertz CT molecular complexity index is 546. The highest BCUT2D eigenvalue weighted by atomic mass is 79.9. The molecule has 0 spiro atoms. The summed E-state index contributed by atoms with van der Waals surface area (Å²) in [6.07, 6.45) is -0.0781. The summed E-state index contributed by atoms with van der Waals surface area (Å²) in [4.78, 5) is 24.4. The minimum absolute atomic E-state index is 0.0781. The standard InChI is InChI=1S/C13H14BrNO5/c1-2-15(4-3-11(16)17)13(18)8-5-9(14)12-10(6-8)19-7-20-12/h5-6H,2-4,7H2,1H3,(H,16,17). The fourth-order valence-electron chi connectivity index (χ4n) is 1.91. The molecule has 108 valence electrons. The second-order valence-electron chi connectivity index (χ2n) is 4.22. The quantitative estimate of drug-likeness (QED) is 0.886. The fraction of sp³-hybridized carbons (Fsp3) is 0.385. The number of carboxylic acids is 1. The lowest BCUT2D eigenvalue weighted by atomic mass is 10.1. The van der Waals surface area contributed by atoms with Gasteiger partial charge in [0.25, 0.3) is 5.91 Å². The Morgan fingerprint density at radius 3 is 2.80 bits per heavy atom. The van der Waals surface area contributed by atoms with E-state index in [9.17, 15) is 9.59 Å². The van der Waals surface area contributed by atoms with Crippen molar-refractivity contribution in [1.29, 1.82) is 0 Å². The summed E-state index contributed by atoms with van der Waals surface area (Å²) in [5.74, 6) is -0.0667. The molecule has 20 heavy (non-hydrogen) atoms. The van der Waals surface area contributed by atoms with Crippen LogP contribution in [-0.2, 0) is 4.79 Å². The van der Waals surface area contributed by atoms with Crippen LogP contribution in [0.4, 0.5) is 0 Å². The van der Waals surface area contributed by atoms with Gasteiger partial charge in [-0.05, 0) is 35.0 Å². The second-order valence-corrected chi connectivity index (χ2v) is 5.07. The molecule has 1 amide bonds. The summed E-state index contributed by atoms with van der Waals surface area (Å²) >= 11 is 3.33. The molecular formula is C13H14BrNO5. The van der Waals surface area contributed by atoms with E-state index in [1.807, 2.05) is 6.92 Å². The van der Waals surface area contributed by atoms with Gasteiger partial charge in [0.2, 0.25) is 6.79 Å². The molecule has 1 heterocycles. The van der Waals surface area contributed by atoms with E-state index in [1.54, 1.807) is 12.1 Å². The van der Waals surface area contributed by atoms with Crippen molar-refractivity contribution in [3.63, 3.8) is 0 Å². The first-order valence-electron chi connectivity index (χ1n) is 6.13. The number of aliphatic carboxylic acids is 1. The number of carbonyl (C=O) groups is 2. The molecule has 0 saturated carbocycles. The molecule has 0 aromatic heterocycles. The molecule has 1 aromatic carbocycles. The molecule has 0 bridgehead atoms. The zero-order valence-corrected chi connectivity index (χ0v) is 12.5. The number of amides is 1. The molecule has 0 atom stereocenters. The number of ether oxygens (including phenoxy) is 2. The van der Waals surface area contributed by atoms with Crippen molar-refractivity contribution in [3.8, 4) is 11.5 Å². The maximum absolute atomic E-state index is 12.4. The summed E-state index contributed by atoms with van der Waals surface area (Å²) in [7, 11) is 0. The van der Waals surface area contributed by atoms with E-state index in [1.165, 1.54) is 4.90 Å². The first-order valence-corrected chi connectivity index (χ1v) is 6.92. The van der Waals surface area contributed by atoms with Crippen LogP contribution in [0.15, 0.2) is 16.6 Å². The molecular weight excluding hydrogens is 330 g/mol. The van der Waals surface area contributed by atoms with Crippen molar-refractivity contribution < 1.29 is 24.2 Å². The van der Waals surface area contributed by atoms with E-state index in [2.05, 4.69) is 15.9 Å². The number of nitrogens with zero attached hydrogens (tertiary/aromatic N) is 1. The average molecular weight is 344 g/mol. The van der Waals surface area contributed by atoms with Crippen molar-refractivity contribution in [2.75, 3.05) is 19.9 Å². The van der Waals surface area contributed by atoms with Gasteiger partial charge in [0, 0.05) is 18.7 Å². The average Bonchev–Trinajstić information content (AvgIpc) is 2.87. The molecule has 0 saturated heterocycles. The Labute approximate surface area is 124 Å². The molecule has 0 radical (unpaired) electrons.